The van der Waals surface area contributed by atoms with Gasteiger partial charge in [0.05, 0.1) is 32.3 Å². The largest absolute Gasteiger partial charge is 0.447 e. The van der Waals surface area contributed by atoms with E-state index < -0.39 is 6.09 Å². The number of hydrogen-bond acceptors (Lipinski definition) is 3. The number of rotatable bonds is 3. The third-order valence-electron chi connectivity index (χ3n) is 0.902. The van der Waals surface area contributed by atoms with Gasteiger partial charge >= 0.3 is 6.09 Å². The molecule has 0 aliphatic rings. The van der Waals surface area contributed by atoms with Gasteiger partial charge < -0.3 is 9.64 Å². The van der Waals surface area contributed by atoms with E-state index in [1.807, 2.05) is 19.0 Å². The summed E-state index contributed by atoms with van der Waals surface area (Å²) in [5.74, 6) is 0. The fourth-order valence-electron chi connectivity index (χ4n) is 0.364. The van der Waals surface area contributed by atoms with Crippen LogP contribution in [-0.4, -0.2) is 41.2 Å². The molecule has 0 aromatic heterocycles. The highest BCUT2D eigenvalue weighted by molar-refractivity contribution is 9.21. The lowest BCUT2D eigenvalue weighted by Gasteiger charge is -2.10. The number of nitrogens with zero attached hydrogens (tertiary/aromatic N) is 2. The Morgan fingerprint density at radius 1 is 1.45 bits per heavy atom. The Morgan fingerprint density at radius 3 is 2.36 bits per heavy atom. The average molecular weight is 290 g/mol. The lowest BCUT2D eigenvalue weighted by Crippen LogP contribution is -2.22. The van der Waals surface area contributed by atoms with Crippen molar-refractivity contribution in [1.82, 2.24) is 7.85 Å². The molecule has 0 aromatic rings. The van der Waals surface area contributed by atoms with Crippen LogP contribution in [0.1, 0.15) is 0 Å². The zero-order valence-corrected chi connectivity index (χ0v) is 9.55. The number of halogens is 2. The van der Waals surface area contributed by atoms with E-state index in [2.05, 4.69) is 32.3 Å². The molecule has 0 N–H and O–H groups in total. The number of ether oxygens (including phenoxy) is 1. The third kappa shape index (κ3) is 6.58. The minimum absolute atomic E-state index is 0.388. The zero-order valence-electron chi connectivity index (χ0n) is 6.38. The Bertz CT molecular complexity index is 130. The second-order valence-electron chi connectivity index (χ2n) is 2.15. The Hall–Kier alpha value is 0.190. The van der Waals surface area contributed by atoms with Gasteiger partial charge in [0, 0.05) is 6.54 Å². The van der Waals surface area contributed by atoms with E-state index in [1.54, 1.807) is 0 Å². The van der Waals surface area contributed by atoms with Crippen LogP contribution in [0.5, 0.6) is 0 Å². The van der Waals surface area contributed by atoms with Gasteiger partial charge in [-0.15, -0.1) is 0 Å². The quantitative estimate of drug-likeness (QED) is 0.740. The maximum Gasteiger partial charge on any atom is 0.430 e. The van der Waals surface area contributed by atoms with Crippen LogP contribution in [0.25, 0.3) is 0 Å². The SMILES string of the molecule is CN(C)CCOC(=O)N(Br)Br. The van der Waals surface area contributed by atoms with Crippen LogP contribution in [0.3, 0.4) is 0 Å². The van der Waals surface area contributed by atoms with Crippen molar-refractivity contribution in [2.75, 3.05) is 27.2 Å². The normalized spacial score (nSPS) is 9.91. The summed E-state index contributed by atoms with van der Waals surface area (Å²) in [6.07, 6.45) is -0.452. The Labute approximate surface area is 83.1 Å². The third-order valence-corrected chi connectivity index (χ3v) is 1.48. The van der Waals surface area contributed by atoms with Crippen molar-refractivity contribution in [3.63, 3.8) is 0 Å². The van der Waals surface area contributed by atoms with Gasteiger partial charge in [-0.3, -0.25) is 0 Å². The highest BCUT2D eigenvalue weighted by Crippen LogP contribution is 2.06. The van der Waals surface area contributed by atoms with Crippen molar-refractivity contribution < 1.29 is 9.53 Å². The summed E-state index contributed by atoms with van der Waals surface area (Å²) in [5, 5.41) is 0. The van der Waals surface area contributed by atoms with Crippen LogP contribution < -0.4 is 0 Å². The van der Waals surface area contributed by atoms with Crippen LogP contribution >= 0.6 is 32.3 Å². The summed E-state index contributed by atoms with van der Waals surface area (Å²) in [6, 6.07) is 0. The summed E-state index contributed by atoms with van der Waals surface area (Å²) in [7, 11) is 3.82. The van der Waals surface area contributed by atoms with Crippen LogP contribution in [0, 0.1) is 0 Å². The molecule has 11 heavy (non-hydrogen) atoms. The molecule has 4 nitrogen and oxygen atoms in total. The van der Waals surface area contributed by atoms with Gasteiger partial charge in [0.15, 0.2) is 0 Å². The van der Waals surface area contributed by atoms with Gasteiger partial charge in [0.1, 0.15) is 6.61 Å². The van der Waals surface area contributed by atoms with Crippen LogP contribution in [0.15, 0.2) is 0 Å². The fourth-order valence-corrected chi connectivity index (χ4v) is 0.569. The van der Waals surface area contributed by atoms with E-state index in [4.69, 9.17) is 4.74 Å². The summed E-state index contributed by atoms with van der Waals surface area (Å²) >= 11 is 5.74. The summed E-state index contributed by atoms with van der Waals surface area (Å²) in [4.78, 5) is 12.6. The Balaban J connectivity index is 3.32. The molecule has 0 bridgehead atoms. The maximum absolute atomic E-state index is 10.7. The molecule has 0 saturated carbocycles. The molecule has 0 heterocycles. The molecular weight excluding hydrogens is 280 g/mol. The lowest BCUT2D eigenvalue weighted by atomic mass is 10.6. The van der Waals surface area contributed by atoms with Gasteiger partial charge in [-0.1, -0.05) is 0 Å². The van der Waals surface area contributed by atoms with Crippen molar-refractivity contribution in [3.8, 4) is 0 Å². The number of carbonyl (C=O) groups excluding carboxylic acids is 1. The molecule has 0 rings (SSSR count). The van der Waals surface area contributed by atoms with E-state index in [-0.39, 0.29) is 0 Å². The molecular formula is C5H10Br2N2O2. The average Bonchev–Trinajstić information content (AvgIpc) is 1.86. The molecule has 66 valence electrons. The number of amides is 1. The first-order chi connectivity index (χ1) is 5.04. The van der Waals surface area contributed by atoms with Gasteiger partial charge in [-0.25, -0.2) is 4.79 Å². The molecule has 6 heteroatoms. The first-order valence-electron chi connectivity index (χ1n) is 2.97. The van der Waals surface area contributed by atoms with Crippen LogP contribution in [0.2, 0.25) is 0 Å². The zero-order chi connectivity index (χ0) is 8.85. The van der Waals surface area contributed by atoms with Crippen molar-refractivity contribution in [2.24, 2.45) is 0 Å². The topological polar surface area (TPSA) is 32.8 Å². The van der Waals surface area contributed by atoms with Gasteiger partial charge in [0.2, 0.25) is 0 Å². The fraction of sp³-hybridized carbons (Fsp3) is 0.800. The predicted molar refractivity (Wildman–Crippen MR) is 49.6 cm³/mol. The second kappa shape index (κ2) is 5.79. The lowest BCUT2D eigenvalue weighted by molar-refractivity contribution is 0.134. The molecule has 0 aromatic carbocycles. The van der Waals surface area contributed by atoms with E-state index >= 15 is 0 Å². The highest BCUT2D eigenvalue weighted by Gasteiger charge is 2.07. The van der Waals surface area contributed by atoms with Crippen molar-refractivity contribution in [2.45, 2.75) is 0 Å². The molecule has 0 aliphatic heterocycles. The van der Waals surface area contributed by atoms with Crippen LogP contribution in [0.4, 0.5) is 4.79 Å². The molecule has 0 atom stereocenters. The van der Waals surface area contributed by atoms with Crippen molar-refractivity contribution in [1.29, 1.82) is 0 Å². The van der Waals surface area contributed by atoms with E-state index in [9.17, 15) is 4.79 Å². The van der Waals surface area contributed by atoms with Gasteiger partial charge in [0.25, 0.3) is 0 Å². The highest BCUT2D eigenvalue weighted by atomic mass is 79.9. The van der Waals surface area contributed by atoms with Crippen molar-refractivity contribution in [3.05, 3.63) is 0 Å². The standard InChI is InChI=1S/C5H10Br2N2O2/c1-8(2)3-4-11-5(10)9(6)7/h3-4H2,1-2H3. The van der Waals surface area contributed by atoms with E-state index in [1.165, 1.54) is 0 Å². The first kappa shape index (κ1) is 11.2. The molecule has 0 unspecified atom stereocenters. The van der Waals surface area contributed by atoms with Crippen LogP contribution in [-0.2, 0) is 4.74 Å². The summed E-state index contributed by atoms with van der Waals surface area (Å²) < 4.78 is 5.80. The predicted octanol–water partition coefficient (Wildman–Crippen LogP) is 1.61. The van der Waals surface area contributed by atoms with E-state index in [0.29, 0.717) is 6.61 Å². The first-order valence-corrected chi connectivity index (χ1v) is 4.39. The number of hydrogen-bond donors (Lipinski definition) is 0. The monoisotopic (exact) mass is 288 g/mol. The number of carbonyl (C=O) groups is 1. The smallest absolute Gasteiger partial charge is 0.430 e. The molecule has 0 fully saturated rings. The summed E-state index contributed by atoms with van der Waals surface area (Å²) in [6.45, 7) is 1.11. The maximum atomic E-state index is 10.7. The molecule has 0 radical (unpaired) electrons. The van der Waals surface area contributed by atoms with E-state index in [0.717, 1.165) is 9.50 Å². The molecule has 1 amide bonds. The number of likely N-dealkylation sites (N-methyl/N-ethyl adjacent to an activating group) is 1. The minimum Gasteiger partial charge on any atom is -0.447 e. The Kier molecular flexibility index (Phi) is 5.89. The minimum atomic E-state index is -0.452. The summed E-state index contributed by atoms with van der Waals surface area (Å²) in [5.41, 5.74) is 0. The molecule has 0 saturated heterocycles. The van der Waals surface area contributed by atoms with Crippen molar-refractivity contribution >= 4 is 38.4 Å². The molecule has 0 aliphatic carbocycles. The Morgan fingerprint density at radius 2 is 2.00 bits per heavy atom. The molecule has 0 spiro atoms. The second-order valence-corrected chi connectivity index (χ2v) is 4.52. The van der Waals surface area contributed by atoms with Gasteiger partial charge in [-0.2, -0.15) is 2.95 Å². The van der Waals surface area contributed by atoms with Gasteiger partial charge in [-0.05, 0) is 14.1 Å².